The van der Waals surface area contributed by atoms with Gasteiger partial charge in [-0.2, -0.15) is 5.48 Å². The summed E-state index contributed by atoms with van der Waals surface area (Å²) in [5.41, 5.74) is 7.10. The van der Waals surface area contributed by atoms with Crippen LogP contribution in [0.25, 0.3) is 33.4 Å². The molecule has 0 saturated carbocycles. The van der Waals surface area contributed by atoms with Crippen molar-refractivity contribution in [1.29, 1.82) is 0 Å². The lowest BCUT2D eigenvalue weighted by Gasteiger charge is -2.22. The maximum absolute atomic E-state index is 13.5. The number of nitrogens with zero attached hydrogens (tertiary/aromatic N) is 1. The molecule has 5 nitrogen and oxygen atoms in total. The fourth-order valence-corrected chi connectivity index (χ4v) is 4.04. The smallest absolute Gasteiger partial charge is 0.201 e. The SMILES string of the molecule is C#CCN(SC)c1cc2oc(-c3ccc(F)cc3)c(ONC)c2cc1-c1ccccc1.CO. The zero-order valence-electron chi connectivity index (χ0n) is 18.6. The van der Waals surface area contributed by atoms with Gasteiger partial charge in [0.1, 0.15) is 11.4 Å². The fraction of sp³-hybridized carbons (Fsp3) is 0.154. The summed E-state index contributed by atoms with van der Waals surface area (Å²) < 4.78 is 21.7. The molecule has 0 bridgehead atoms. The van der Waals surface area contributed by atoms with Gasteiger partial charge >= 0.3 is 0 Å². The molecule has 0 unspecified atom stereocenters. The number of aliphatic hydroxyl groups is 1. The Labute approximate surface area is 197 Å². The summed E-state index contributed by atoms with van der Waals surface area (Å²) in [7, 11) is 2.68. The number of terminal acetylenes is 1. The Morgan fingerprint density at radius 2 is 1.79 bits per heavy atom. The Hall–Kier alpha value is -3.44. The standard InChI is InChI=1S/C25H21FN2O2S.CH4O/c1-4-14-28(31-3)22-16-23-21(15-20(22)17-8-6-5-7-9-17)25(30-27-2)24(29-23)18-10-12-19(26)13-11-18;1-2/h1,5-13,15-16,27H,14H2,2-3H3;2H,1H3. The van der Waals surface area contributed by atoms with Crippen molar-refractivity contribution < 1.29 is 18.8 Å². The summed E-state index contributed by atoms with van der Waals surface area (Å²) in [4.78, 5) is 5.75. The number of halogens is 1. The van der Waals surface area contributed by atoms with Crippen LogP contribution in [0.1, 0.15) is 0 Å². The summed E-state index contributed by atoms with van der Waals surface area (Å²) in [6.07, 6.45) is 7.60. The van der Waals surface area contributed by atoms with E-state index in [9.17, 15) is 4.39 Å². The topological polar surface area (TPSA) is 57.9 Å². The van der Waals surface area contributed by atoms with Crippen LogP contribution >= 0.6 is 11.9 Å². The third kappa shape index (κ3) is 5.15. The first-order valence-electron chi connectivity index (χ1n) is 10.1. The molecule has 0 spiro atoms. The van der Waals surface area contributed by atoms with E-state index in [4.69, 9.17) is 20.8 Å². The summed E-state index contributed by atoms with van der Waals surface area (Å²) in [5, 5.41) is 7.80. The molecule has 4 rings (SSSR count). The van der Waals surface area contributed by atoms with Gasteiger partial charge in [-0.15, -0.1) is 6.42 Å². The van der Waals surface area contributed by atoms with Gasteiger partial charge in [-0.25, -0.2) is 4.39 Å². The first kappa shape index (κ1) is 24.2. The molecule has 170 valence electrons. The lowest BCUT2D eigenvalue weighted by molar-refractivity contribution is 0.226. The van der Waals surface area contributed by atoms with E-state index in [-0.39, 0.29) is 5.82 Å². The van der Waals surface area contributed by atoms with Crippen molar-refractivity contribution in [2.24, 2.45) is 0 Å². The molecular formula is C26H25FN2O3S. The van der Waals surface area contributed by atoms with E-state index in [1.54, 1.807) is 31.1 Å². The van der Waals surface area contributed by atoms with Crippen molar-refractivity contribution in [2.75, 3.05) is 31.3 Å². The van der Waals surface area contributed by atoms with Gasteiger partial charge in [0.25, 0.3) is 0 Å². The predicted molar refractivity (Wildman–Crippen MR) is 135 cm³/mol. The quantitative estimate of drug-likeness (QED) is 0.206. The van der Waals surface area contributed by atoms with Crippen LogP contribution in [-0.4, -0.2) is 32.1 Å². The Balaban J connectivity index is 0.00000149. The van der Waals surface area contributed by atoms with Crippen LogP contribution in [0.15, 0.2) is 71.1 Å². The van der Waals surface area contributed by atoms with Gasteiger partial charge in [0, 0.05) is 37.6 Å². The average molecular weight is 465 g/mol. The molecule has 0 amide bonds. The molecule has 0 atom stereocenters. The summed E-state index contributed by atoms with van der Waals surface area (Å²) in [6.45, 7) is 0.442. The molecule has 2 N–H and O–H groups in total. The minimum absolute atomic E-state index is 0.311. The normalized spacial score (nSPS) is 10.3. The molecule has 1 heterocycles. The number of aliphatic hydroxyl groups excluding tert-OH is 1. The Bertz CT molecular complexity index is 1230. The molecule has 33 heavy (non-hydrogen) atoms. The van der Waals surface area contributed by atoms with E-state index >= 15 is 0 Å². The van der Waals surface area contributed by atoms with Crippen molar-refractivity contribution in [3.63, 3.8) is 0 Å². The van der Waals surface area contributed by atoms with E-state index in [0.29, 0.717) is 23.6 Å². The van der Waals surface area contributed by atoms with Gasteiger partial charge in [-0.3, -0.25) is 0 Å². The summed E-state index contributed by atoms with van der Waals surface area (Å²) in [5.74, 6) is 3.47. The number of anilines is 1. The molecule has 1 aromatic heterocycles. The fourth-order valence-electron chi connectivity index (χ4n) is 3.49. The zero-order chi connectivity index (χ0) is 23.8. The highest BCUT2D eigenvalue weighted by Crippen LogP contribution is 2.45. The van der Waals surface area contributed by atoms with Gasteiger partial charge in [-0.05, 0) is 35.9 Å². The number of hydrogen-bond acceptors (Lipinski definition) is 6. The average Bonchev–Trinajstić information content (AvgIpc) is 3.21. The van der Waals surface area contributed by atoms with E-state index in [1.807, 2.05) is 40.9 Å². The van der Waals surface area contributed by atoms with Crippen LogP contribution in [-0.2, 0) is 0 Å². The van der Waals surface area contributed by atoms with Gasteiger partial charge in [-0.1, -0.05) is 48.2 Å². The van der Waals surface area contributed by atoms with E-state index in [2.05, 4.69) is 23.5 Å². The highest BCUT2D eigenvalue weighted by atomic mass is 32.2. The number of nitrogens with one attached hydrogen (secondary N) is 1. The lowest BCUT2D eigenvalue weighted by atomic mass is 10.0. The van der Waals surface area contributed by atoms with Crippen molar-refractivity contribution in [3.05, 3.63) is 72.5 Å². The molecule has 3 aromatic carbocycles. The maximum Gasteiger partial charge on any atom is 0.201 e. The molecule has 0 aliphatic carbocycles. The van der Waals surface area contributed by atoms with Crippen LogP contribution in [0.5, 0.6) is 5.75 Å². The Morgan fingerprint density at radius 1 is 1.09 bits per heavy atom. The highest BCUT2D eigenvalue weighted by molar-refractivity contribution is 8.00. The van der Waals surface area contributed by atoms with Crippen LogP contribution < -0.4 is 14.6 Å². The molecule has 0 aliphatic rings. The second-order valence-electron chi connectivity index (χ2n) is 6.73. The monoisotopic (exact) mass is 464 g/mol. The van der Waals surface area contributed by atoms with Crippen LogP contribution in [0, 0.1) is 18.2 Å². The molecule has 0 saturated heterocycles. The van der Waals surface area contributed by atoms with Crippen LogP contribution in [0.3, 0.4) is 0 Å². The molecular weight excluding hydrogens is 439 g/mol. The minimum atomic E-state index is -0.311. The van der Waals surface area contributed by atoms with Crippen molar-refractivity contribution in [3.8, 4) is 40.5 Å². The molecule has 0 radical (unpaired) electrons. The van der Waals surface area contributed by atoms with Crippen LogP contribution in [0.2, 0.25) is 0 Å². The largest absolute Gasteiger partial charge is 0.452 e. The second kappa shape index (κ2) is 11.4. The highest BCUT2D eigenvalue weighted by Gasteiger charge is 2.22. The first-order valence-corrected chi connectivity index (χ1v) is 11.3. The Morgan fingerprint density at radius 3 is 2.39 bits per heavy atom. The van der Waals surface area contributed by atoms with E-state index in [0.717, 1.165) is 34.9 Å². The Kier molecular flexibility index (Phi) is 8.39. The van der Waals surface area contributed by atoms with Gasteiger partial charge in [0.15, 0.2) is 5.76 Å². The third-order valence-corrected chi connectivity index (χ3v) is 5.65. The molecule has 0 fully saturated rings. The lowest BCUT2D eigenvalue weighted by Crippen LogP contribution is -2.14. The number of benzene rings is 3. The number of fused-ring (bicyclic) bond motifs is 1. The van der Waals surface area contributed by atoms with Gasteiger partial charge < -0.3 is 18.7 Å². The predicted octanol–water partition coefficient (Wildman–Crippen LogP) is 5.75. The second-order valence-corrected chi connectivity index (χ2v) is 7.53. The van der Waals surface area contributed by atoms with Crippen molar-refractivity contribution >= 4 is 28.6 Å². The third-order valence-electron chi connectivity index (χ3n) is 4.88. The summed E-state index contributed by atoms with van der Waals surface area (Å²) >= 11 is 1.55. The van der Waals surface area contributed by atoms with Crippen molar-refractivity contribution in [1.82, 2.24) is 5.48 Å². The molecule has 7 heteroatoms. The molecule has 4 aromatic rings. The number of rotatable bonds is 7. The van der Waals surface area contributed by atoms with Crippen molar-refractivity contribution in [2.45, 2.75) is 0 Å². The number of furan rings is 1. The summed E-state index contributed by atoms with van der Waals surface area (Å²) in [6, 6.07) is 20.2. The molecule has 0 aliphatic heterocycles. The zero-order valence-corrected chi connectivity index (χ0v) is 19.4. The number of hydrogen-bond donors (Lipinski definition) is 2. The maximum atomic E-state index is 13.5. The first-order chi connectivity index (χ1) is 16.2. The minimum Gasteiger partial charge on any atom is -0.452 e. The number of hydroxylamine groups is 1. The van der Waals surface area contributed by atoms with Crippen LogP contribution in [0.4, 0.5) is 10.1 Å². The van der Waals surface area contributed by atoms with Gasteiger partial charge in [0.05, 0.1) is 17.6 Å². The van der Waals surface area contributed by atoms with E-state index in [1.165, 1.54) is 12.1 Å². The van der Waals surface area contributed by atoms with Gasteiger partial charge in [0.2, 0.25) is 5.75 Å². The van der Waals surface area contributed by atoms with E-state index < -0.39 is 0 Å².